The normalized spacial score (nSPS) is 13.4. The fraction of sp³-hybridized carbons (Fsp3) is 0.0370. The molecule has 0 bridgehead atoms. The van der Waals surface area contributed by atoms with Crippen molar-refractivity contribution in [1.82, 2.24) is 19.9 Å². The second-order valence-electron chi connectivity index (χ2n) is 15.7. The monoisotopic (exact) mass is 800 g/mol. The van der Waals surface area contributed by atoms with Gasteiger partial charge < -0.3 is 0 Å². The number of pyridine rings is 4. The molecule has 13 rings (SSSR count). The van der Waals surface area contributed by atoms with Crippen molar-refractivity contribution in [2.45, 2.75) is 12.8 Å². The average Bonchev–Trinajstić information content (AvgIpc) is 3.89. The van der Waals surface area contributed by atoms with Gasteiger partial charge in [-0.1, -0.05) is 115 Å². The van der Waals surface area contributed by atoms with Gasteiger partial charge in [0.25, 0.3) is 0 Å². The molecular formula is C54H32N4S2. The summed E-state index contributed by atoms with van der Waals surface area (Å²) in [5.74, 6) is 0. The highest BCUT2D eigenvalue weighted by molar-refractivity contribution is 7.26. The number of aromatic nitrogens is 4. The number of rotatable bonds is 4. The molecule has 0 unspecified atom stereocenters. The minimum absolute atomic E-state index is 0.908. The molecule has 1 aliphatic rings. The number of hydrogen-bond donors (Lipinski definition) is 0. The van der Waals surface area contributed by atoms with Gasteiger partial charge in [0, 0.05) is 73.0 Å². The van der Waals surface area contributed by atoms with E-state index in [-0.39, 0.29) is 0 Å². The molecule has 0 radical (unpaired) electrons. The Hall–Kier alpha value is -7.12. The molecule has 6 heterocycles. The van der Waals surface area contributed by atoms with Crippen LogP contribution in [0.1, 0.15) is 24.2 Å². The lowest BCUT2D eigenvalue weighted by Crippen LogP contribution is -1.98. The first-order chi connectivity index (χ1) is 29.7. The third-order valence-corrected chi connectivity index (χ3v) is 14.5. The lowest BCUT2D eigenvalue weighted by atomic mass is 9.94. The molecule has 1 aliphatic carbocycles. The zero-order chi connectivity index (χ0) is 39.3. The van der Waals surface area contributed by atoms with Crippen molar-refractivity contribution in [2.75, 3.05) is 0 Å². The molecular weight excluding hydrogens is 769 g/mol. The fourth-order valence-corrected chi connectivity index (χ4v) is 11.4. The maximum Gasteiger partial charge on any atom is 0.0972 e. The standard InChI is InChI=1S/C54H32N4S2/c1-4-14-48-38(9-1)40-11-6-12-41(54(40)60-48)46-27-22-34-18-17-33-20-25-44(56-52(33)53(34)58-46)36-8-5-7-35(29-36)43-24-19-31-15-16-32-21-26-45(57-51(32)50(31)55-43)37-23-28-49-42(30-37)39-10-2-3-13-47(39)59-49/h1-4,6,8-30H,5,7H2. The zero-order valence-corrected chi connectivity index (χ0v) is 33.8. The molecule has 280 valence electrons. The van der Waals surface area contributed by atoms with Gasteiger partial charge >= 0.3 is 0 Å². The van der Waals surface area contributed by atoms with E-state index in [0.29, 0.717) is 0 Å². The van der Waals surface area contributed by atoms with E-state index in [4.69, 9.17) is 19.9 Å². The quantitative estimate of drug-likeness (QED) is 0.166. The minimum Gasteiger partial charge on any atom is -0.246 e. The number of allylic oxidation sites excluding steroid dienone is 4. The summed E-state index contributed by atoms with van der Waals surface area (Å²) in [7, 11) is 0. The number of benzene rings is 6. The summed E-state index contributed by atoms with van der Waals surface area (Å²) < 4.78 is 5.16. The Balaban J connectivity index is 0.882. The Labute approximate surface area is 352 Å². The van der Waals surface area contributed by atoms with E-state index >= 15 is 0 Å². The van der Waals surface area contributed by atoms with Crippen molar-refractivity contribution in [1.29, 1.82) is 0 Å². The first-order valence-electron chi connectivity index (χ1n) is 20.3. The smallest absolute Gasteiger partial charge is 0.0972 e. The van der Waals surface area contributed by atoms with Crippen LogP contribution in [0.2, 0.25) is 0 Å². The van der Waals surface area contributed by atoms with E-state index < -0.39 is 0 Å². The van der Waals surface area contributed by atoms with Gasteiger partial charge in [-0.25, -0.2) is 19.9 Å². The molecule has 0 atom stereocenters. The summed E-state index contributed by atoms with van der Waals surface area (Å²) in [5.41, 5.74) is 12.1. The van der Waals surface area contributed by atoms with Crippen molar-refractivity contribution in [3.8, 4) is 22.5 Å². The van der Waals surface area contributed by atoms with Crippen LogP contribution < -0.4 is 0 Å². The van der Waals surface area contributed by atoms with Crippen LogP contribution >= 0.6 is 22.7 Å². The van der Waals surface area contributed by atoms with E-state index in [1.165, 1.54) is 45.9 Å². The summed E-state index contributed by atoms with van der Waals surface area (Å²) in [4.78, 5) is 21.3. The van der Waals surface area contributed by atoms with E-state index in [1.54, 1.807) is 0 Å². The molecule has 0 amide bonds. The zero-order valence-electron chi connectivity index (χ0n) is 32.2. The third-order valence-electron chi connectivity index (χ3n) is 12.1. The van der Waals surface area contributed by atoms with E-state index in [1.807, 2.05) is 22.7 Å². The van der Waals surface area contributed by atoms with Crippen LogP contribution in [-0.2, 0) is 0 Å². The van der Waals surface area contributed by atoms with Crippen molar-refractivity contribution in [2.24, 2.45) is 0 Å². The van der Waals surface area contributed by atoms with Crippen molar-refractivity contribution < 1.29 is 0 Å². The molecule has 6 aromatic heterocycles. The van der Waals surface area contributed by atoms with E-state index in [9.17, 15) is 0 Å². The first-order valence-corrected chi connectivity index (χ1v) is 22.0. The third kappa shape index (κ3) is 5.35. The van der Waals surface area contributed by atoms with Gasteiger partial charge in [-0.2, -0.15) is 0 Å². The fourth-order valence-electron chi connectivity index (χ4n) is 9.10. The predicted molar refractivity (Wildman–Crippen MR) is 256 cm³/mol. The Bertz CT molecular complexity index is 3850. The SMILES string of the molecule is C1=C(c2ccc3ccc4ccc(-c5cccc6c5sc5ccccc56)nc4c3n2)C=C(c2ccc3ccc4ccc(-c5ccc6sc7ccccc7c6c5)nc4c3n2)CC1. The summed E-state index contributed by atoms with van der Waals surface area (Å²) in [6.45, 7) is 0. The molecule has 0 spiro atoms. The van der Waals surface area contributed by atoms with E-state index in [2.05, 4.69) is 170 Å². The predicted octanol–water partition coefficient (Wildman–Crippen LogP) is 15.2. The summed E-state index contributed by atoms with van der Waals surface area (Å²) in [5, 5.41) is 9.46. The Morgan fingerprint density at radius 2 is 0.933 bits per heavy atom. The van der Waals surface area contributed by atoms with Crippen LogP contribution in [-0.4, -0.2) is 19.9 Å². The number of nitrogens with zero attached hydrogens (tertiary/aromatic N) is 4. The van der Waals surface area contributed by atoms with Crippen molar-refractivity contribution >= 4 is 118 Å². The van der Waals surface area contributed by atoms with Gasteiger partial charge in [0.15, 0.2) is 0 Å². The number of fused-ring (bicyclic) bond motifs is 12. The van der Waals surface area contributed by atoms with Crippen LogP contribution in [0, 0.1) is 0 Å². The maximum atomic E-state index is 5.35. The largest absolute Gasteiger partial charge is 0.246 e. The van der Waals surface area contributed by atoms with Crippen LogP contribution in [0.4, 0.5) is 0 Å². The molecule has 60 heavy (non-hydrogen) atoms. The Morgan fingerprint density at radius 1 is 0.400 bits per heavy atom. The molecule has 6 heteroatoms. The van der Waals surface area contributed by atoms with Crippen LogP contribution in [0.5, 0.6) is 0 Å². The highest BCUT2D eigenvalue weighted by atomic mass is 32.1. The van der Waals surface area contributed by atoms with Gasteiger partial charge in [-0.15, -0.1) is 22.7 Å². The molecule has 0 N–H and O–H groups in total. The molecule has 0 saturated heterocycles. The lowest BCUT2D eigenvalue weighted by molar-refractivity contribution is 1.04. The Morgan fingerprint density at radius 3 is 1.67 bits per heavy atom. The lowest BCUT2D eigenvalue weighted by Gasteiger charge is -2.15. The van der Waals surface area contributed by atoms with Crippen LogP contribution in [0.25, 0.3) is 118 Å². The molecule has 0 aliphatic heterocycles. The van der Waals surface area contributed by atoms with Crippen LogP contribution in [0.3, 0.4) is 0 Å². The highest BCUT2D eigenvalue weighted by Crippen LogP contribution is 2.41. The molecule has 12 aromatic rings. The second kappa shape index (κ2) is 13.2. The van der Waals surface area contributed by atoms with Crippen molar-refractivity contribution in [3.63, 3.8) is 0 Å². The highest BCUT2D eigenvalue weighted by Gasteiger charge is 2.17. The van der Waals surface area contributed by atoms with Gasteiger partial charge in [0.1, 0.15) is 0 Å². The van der Waals surface area contributed by atoms with Crippen molar-refractivity contribution in [3.05, 3.63) is 181 Å². The van der Waals surface area contributed by atoms with Gasteiger partial charge in [-0.05, 0) is 78.6 Å². The topological polar surface area (TPSA) is 51.6 Å². The van der Waals surface area contributed by atoms with Gasteiger partial charge in [0.05, 0.1) is 44.8 Å². The molecule has 0 saturated carbocycles. The Kier molecular flexibility index (Phi) is 7.44. The minimum atomic E-state index is 0.908. The maximum absolute atomic E-state index is 5.35. The second-order valence-corrected chi connectivity index (χ2v) is 17.8. The summed E-state index contributed by atoms with van der Waals surface area (Å²) in [6.07, 6.45) is 6.41. The van der Waals surface area contributed by atoms with Gasteiger partial charge in [-0.3, -0.25) is 0 Å². The average molecular weight is 801 g/mol. The first kappa shape index (κ1) is 33.8. The number of thiophene rings is 2. The molecule has 0 fully saturated rings. The van der Waals surface area contributed by atoms with E-state index in [0.717, 1.165) is 95.9 Å². The number of hydrogen-bond acceptors (Lipinski definition) is 6. The van der Waals surface area contributed by atoms with Gasteiger partial charge in [0.2, 0.25) is 0 Å². The summed E-state index contributed by atoms with van der Waals surface area (Å²) >= 11 is 3.67. The summed E-state index contributed by atoms with van der Waals surface area (Å²) in [6, 6.07) is 56.5. The van der Waals surface area contributed by atoms with Crippen LogP contribution in [0.15, 0.2) is 170 Å². The molecule has 4 nitrogen and oxygen atoms in total. The molecule has 6 aromatic carbocycles.